The molecule has 27 heavy (non-hydrogen) atoms. The third-order valence-electron chi connectivity index (χ3n) is 5.47. The van der Waals surface area contributed by atoms with Gasteiger partial charge in [0.25, 0.3) is 0 Å². The minimum atomic E-state index is -0.246. The molecule has 142 valence electrons. The predicted molar refractivity (Wildman–Crippen MR) is 110 cm³/mol. The first kappa shape index (κ1) is 19.2. The molecule has 4 rings (SSSR count). The lowest BCUT2D eigenvalue weighted by molar-refractivity contribution is -0.141. The Labute approximate surface area is 165 Å². The first-order valence-corrected chi connectivity index (χ1v) is 8.93. The number of ether oxygens (including phenoxy) is 1. The first-order chi connectivity index (χ1) is 12.6. The van der Waals surface area contributed by atoms with E-state index in [0.29, 0.717) is 0 Å². The molecule has 1 aliphatic heterocycles. The van der Waals surface area contributed by atoms with Crippen molar-refractivity contribution >= 4 is 35.1 Å². The van der Waals surface area contributed by atoms with Crippen molar-refractivity contribution in [3.05, 3.63) is 58.9 Å². The zero-order valence-electron chi connectivity index (χ0n) is 15.9. The normalized spacial score (nSPS) is 13.2. The van der Waals surface area contributed by atoms with Crippen molar-refractivity contribution in [3.63, 3.8) is 0 Å². The minimum Gasteiger partial charge on any atom is -0.468 e. The summed E-state index contributed by atoms with van der Waals surface area (Å²) in [6.45, 7) is 6.11. The largest absolute Gasteiger partial charge is 0.468 e. The fourth-order valence-corrected chi connectivity index (χ4v) is 3.88. The zero-order chi connectivity index (χ0) is 18.3. The Kier molecular flexibility index (Phi) is 5.42. The van der Waals surface area contributed by atoms with Crippen molar-refractivity contribution in [2.45, 2.75) is 33.4 Å². The van der Waals surface area contributed by atoms with Crippen LogP contribution >= 0.6 is 12.4 Å². The van der Waals surface area contributed by atoms with Crippen LogP contribution in [0.15, 0.2) is 36.5 Å². The highest BCUT2D eigenvalue weighted by Gasteiger charge is 2.23. The second kappa shape index (κ2) is 7.61. The van der Waals surface area contributed by atoms with Gasteiger partial charge in [0, 0.05) is 30.4 Å². The van der Waals surface area contributed by atoms with Gasteiger partial charge in [0.2, 0.25) is 0 Å². The quantitative estimate of drug-likeness (QED) is 0.643. The molecule has 0 atom stereocenters. The molecule has 3 heterocycles. The Hall–Kier alpha value is -2.53. The lowest BCUT2D eigenvalue weighted by atomic mass is 10.00. The van der Waals surface area contributed by atoms with Crippen molar-refractivity contribution in [3.8, 4) is 0 Å². The SMILES string of the molecule is COC(=O)Cn1c(C)c(C)c2ccnc(N3CCc4ccccc4C3)c21.Cl. The van der Waals surface area contributed by atoms with Crippen LogP contribution in [-0.4, -0.2) is 29.2 Å². The van der Waals surface area contributed by atoms with Crippen LogP contribution in [0.2, 0.25) is 0 Å². The molecule has 2 aromatic heterocycles. The lowest BCUT2D eigenvalue weighted by Crippen LogP contribution is -2.31. The van der Waals surface area contributed by atoms with Crippen LogP contribution in [0.3, 0.4) is 0 Å². The van der Waals surface area contributed by atoms with Gasteiger partial charge in [0.15, 0.2) is 5.82 Å². The summed E-state index contributed by atoms with van der Waals surface area (Å²) in [5.41, 5.74) is 6.04. The standard InChI is InChI=1S/C21H23N3O2.ClH/c1-14-15(2)24(13-19(25)26-3)20-18(14)8-10-22-21(20)23-11-9-16-6-4-5-7-17(16)12-23;/h4-8,10H,9,11-13H2,1-3H3;1H. The van der Waals surface area contributed by atoms with Crippen molar-refractivity contribution < 1.29 is 9.53 Å². The summed E-state index contributed by atoms with van der Waals surface area (Å²) in [6, 6.07) is 10.6. The average Bonchev–Trinajstić information content (AvgIpc) is 2.92. The number of benzene rings is 1. The number of pyridine rings is 1. The summed E-state index contributed by atoms with van der Waals surface area (Å²) < 4.78 is 6.95. The number of hydrogen-bond donors (Lipinski definition) is 0. The molecular weight excluding hydrogens is 362 g/mol. The first-order valence-electron chi connectivity index (χ1n) is 8.93. The highest BCUT2D eigenvalue weighted by molar-refractivity contribution is 5.94. The van der Waals surface area contributed by atoms with E-state index < -0.39 is 0 Å². The number of nitrogens with zero attached hydrogens (tertiary/aromatic N) is 3. The fourth-order valence-electron chi connectivity index (χ4n) is 3.88. The summed E-state index contributed by atoms with van der Waals surface area (Å²) in [4.78, 5) is 19.0. The molecule has 1 aromatic carbocycles. The van der Waals surface area contributed by atoms with Gasteiger partial charge in [-0.2, -0.15) is 0 Å². The van der Waals surface area contributed by atoms with Gasteiger partial charge in [-0.3, -0.25) is 4.79 Å². The molecule has 1 aliphatic rings. The Morgan fingerprint density at radius 2 is 1.93 bits per heavy atom. The van der Waals surface area contributed by atoms with Gasteiger partial charge in [-0.15, -0.1) is 12.4 Å². The topological polar surface area (TPSA) is 47.4 Å². The molecule has 0 aliphatic carbocycles. The van der Waals surface area contributed by atoms with Crippen molar-refractivity contribution in [1.29, 1.82) is 0 Å². The van der Waals surface area contributed by atoms with Crippen LogP contribution in [0.25, 0.3) is 10.9 Å². The fraction of sp³-hybridized carbons (Fsp3) is 0.333. The molecule has 0 spiro atoms. The van der Waals surface area contributed by atoms with Gasteiger partial charge in [0.1, 0.15) is 6.54 Å². The number of aromatic nitrogens is 2. The highest BCUT2D eigenvalue weighted by Crippen LogP contribution is 2.33. The van der Waals surface area contributed by atoms with Gasteiger partial charge in [-0.1, -0.05) is 24.3 Å². The summed E-state index contributed by atoms with van der Waals surface area (Å²) in [6.07, 6.45) is 2.87. The Morgan fingerprint density at radius 1 is 1.19 bits per heavy atom. The number of fused-ring (bicyclic) bond motifs is 2. The lowest BCUT2D eigenvalue weighted by Gasteiger charge is -2.30. The maximum Gasteiger partial charge on any atom is 0.325 e. The van der Waals surface area contributed by atoms with Crippen LogP contribution in [0, 0.1) is 13.8 Å². The van der Waals surface area contributed by atoms with Gasteiger partial charge in [-0.05, 0) is 43.0 Å². The molecule has 0 unspecified atom stereocenters. The highest BCUT2D eigenvalue weighted by atomic mass is 35.5. The number of esters is 1. The molecule has 3 aromatic rings. The van der Waals surface area contributed by atoms with Crippen LogP contribution in [0.5, 0.6) is 0 Å². The predicted octanol–water partition coefficient (Wildman–Crippen LogP) is 3.81. The molecule has 0 saturated heterocycles. The summed E-state index contributed by atoms with van der Waals surface area (Å²) in [5, 5.41) is 1.15. The number of carbonyl (C=O) groups is 1. The number of halogens is 1. The van der Waals surface area contributed by atoms with Crippen molar-refractivity contribution in [2.24, 2.45) is 0 Å². The summed E-state index contributed by atoms with van der Waals surface area (Å²) in [7, 11) is 1.43. The van der Waals surface area contributed by atoms with Crippen molar-refractivity contribution in [1.82, 2.24) is 9.55 Å². The van der Waals surface area contributed by atoms with E-state index in [9.17, 15) is 4.79 Å². The maximum atomic E-state index is 12.0. The molecule has 0 saturated carbocycles. The Morgan fingerprint density at radius 3 is 2.67 bits per heavy atom. The molecule has 0 N–H and O–H groups in total. The molecule has 5 nitrogen and oxygen atoms in total. The van der Waals surface area contributed by atoms with Crippen LogP contribution in [-0.2, 0) is 29.0 Å². The summed E-state index contributed by atoms with van der Waals surface area (Å²) >= 11 is 0. The van der Waals surface area contributed by atoms with E-state index >= 15 is 0 Å². The molecule has 0 amide bonds. The van der Waals surface area contributed by atoms with Gasteiger partial charge < -0.3 is 14.2 Å². The summed E-state index contributed by atoms with van der Waals surface area (Å²) in [5.74, 6) is 0.695. The van der Waals surface area contributed by atoms with E-state index in [4.69, 9.17) is 9.72 Å². The minimum absolute atomic E-state index is 0. The van der Waals surface area contributed by atoms with E-state index in [-0.39, 0.29) is 24.9 Å². The number of rotatable bonds is 3. The number of hydrogen-bond acceptors (Lipinski definition) is 4. The second-order valence-electron chi connectivity index (χ2n) is 6.84. The van der Waals surface area contributed by atoms with Crippen LogP contribution in [0.1, 0.15) is 22.4 Å². The van der Waals surface area contributed by atoms with E-state index in [2.05, 4.69) is 36.1 Å². The van der Waals surface area contributed by atoms with Gasteiger partial charge in [-0.25, -0.2) is 4.98 Å². The van der Waals surface area contributed by atoms with Crippen molar-refractivity contribution in [2.75, 3.05) is 18.6 Å². The Balaban J connectivity index is 0.00000210. The van der Waals surface area contributed by atoms with Gasteiger partial charge in [0.05, 0.1) is 12.6 Å². The third kappa shape index (κ3) is 3.28. The van der Waals surface area contributed by atoms with Crippen LogP contribution < -0.4 is 4.90 Å². The number of anilines is 1. The van der Waals surface area contributed by atoms with Crippen LogP contribution in [0.4, 0.5) is 5.82 Å². The average molecular weight is 386 g/mol. The maximum absolute atomic E-state index is 12.0. The Bertz CT molecular complexity index is 997. The molecule has 6 heteroatoms. The van der Waals surface area contributed by atoms with E-state index in [1.54, 1.807) is 0 Å². The molecule has 0 bridgehead atoms. The van der Waals surface area contributed by atoms with E-state index in [1.807, 2.05) is 23.8 Å². The molecular formula is C21H24ClN3O2. The van der Waals surface area contributed by atoms with E-state index in [0.717, 1.165) is 41.9 Å². The number of carbonyl (C=O) groups excluding carboxylic acids is 1. The third-order valence-corrected chi connectivity index (χ3v) is 5.47. The van der Waals surface area contributed by atoms with E-state index in [1.165, 1.54) is 23.8 Å². The molecule has 0 fully saturated rings. The number of methoxy groups -OCH3 is 1. The molecule has 0 radical (unpaired) electrons. The monoisotopic (exact) mass is 385 g/mol. The second-order valence-corrected chi connectivity index (χ2v) is 6.84. The zero-order valence-corrected chi connectivity index (χ0v) is 16.7. The smallest absolute Gasteiger partial charge is 0.325 e. The van der Waals surface area contributed by atoms with Gasteiger partial charge >= 0.3 is 5.97 Å². The number of aryl methyl sites for hydroxylation is 1.